The molecule has 3 rings (SSSR count). The number of carbonyl (C=O) groups excluding carboxylic acids is 1. The lowest BCUT2D eigenvalue weighted by Crippen LogP contribution is -2.47. The number of amides is 1. The minimum atomic E-state index is -2.96. The van der Waals surface area contributed by atoms with Crippen LogP contribution in [0, 0.1) is 17.8 Å². The molecule has 1 saturated heterocycles. The Hall–Kier alpha value is -0.620. The normalized spacial score (nSPS) is 29.4. The van der Waals surface area contributed by atoms with Crippen molar-refractivity contribution in [3.05, 3.63) is 0 Å². The van der Waals surface area contributed by atoms with Gasteiger partial charge in [-0.2, -0.15) is 0 Å². The first kappa shape index (κ1) is 14.3. The molecule has 2 aliphatic carbocycles. The number of hydrogen-bond donors (Lipinski definition) is 2. The summed E-state index contributed by atoms with van der Waals surface area (Å²) < 4.78 is 23.1. The fourth-order valence-corrected chi connectivity index (χ4v) is 4.74. The van der Waals surface area contributed by atoms with Gasteiger partial charge < -0.3 is 10.6 Å². The van der Waals surface area contributed by atoms with Crippen LogP contribution in [0.25, 0.3) is 0 Å². The molecule has 1 atom stereocenters. The first-order chi connectivity index (χ1) is 9.53. The summed E-state index contributed by atoms with van der Waals surface area (Å²) in [6, 6.07) is -0.214. The zero-order chi connectivity index (χ0) is 14.2. The third-order valence-corrected chi connectivity index (χ3v) is 6.46. The predicted molar refractivity (Wildman–Crippen MR) is 77.0 cm³/mol. The van der Waals surface area contributed by atoms with Crippen LogP contribution in [-0.2, 0) is 14.6 Å². The Morgan fingerprint density at radius 2 is 1.85 bits per heavy atom. The molecule has 2 saturated carbocycles. The summed E-state index contributed by atoms with van der Waals surface area (Å²) in [6.45, 7) is 1.25. The van der Waals surface area contributed by atoms with E-state index in [0.29, 0.717) is 12.5 Å². The van der Waals surface area contributed by atoms with E-state index in [1.165, 1.54) is 25.7 Å². The van der Waals surface area contributed by atoms with Gasteiger partial charge >= 0.3 is 0 Å². The average molecular weight is 300 g/mol. The van der Waals surface area contributed by atoms with Crippen LogP contribution in [0.1, 0.15) is 32.1 Å². The number of carbonyl (C=O) groups is 1. The average Bonchev–Trinajstić information content (AvgIpc) is 3.23. The molecule has 0 aromatic carbocycles. The van der Waals surface area contributed by atoms with Crippen LogP contribution in [0.3, 0.4) is 0 Å². The highest BCUT2D eigenvalue weighted by Gasteiger charge is 2.41. The van der Waals surface area contributed by atoms with Gasteiger partial charge in [-0.25, -0.2) is 8.42 Å². The highest BCUT2D eigenvalue weighted by Crippen LogP contribution is 2.48. The van der Waals surface area contributed by atoms with Crippen molar-refractivity contribution in [1.29, 1.82) is 0 Å². The molecule has 3 fully saturated rings. The second-order valence-corrected chi connectivity index (χ2v) is 8.84. The first-order valence-corrected chi connectivity index (χ1v) is 9.56. The summed E-state index contributed by atoms with van der Waals surface area (Å²) in [7, 11) is -2.96. The molecule has 2 N–H and O–H groups in total. The molecule has 0 aromatic rings. The molecule has 1 amide bonds. The van der Waals surface area contributed by atoms with Gasteiger partial charge in [-0.1, -0.05) is 0 Å². The monoisotopic (exact) mass is 300 g/mol. The molecule has 1 heterocycles. The molecule has 114 valence electrons. The number of hydrogen-bond acceptors (Lipinski definition) is 4. The molecule has 0 spiro atoms. The molecule has 20 heavy (non-hydrogen) atoms. The topological polar surface area (TPSA) is 75.3 Å². The minimum absolute atomic E-state index is 0.00843. The van der Waals surface area contributed by atoms with E-state index in [1.54, 1.807) is 0 Å². The quantitative estimate of drug-likeness (QED) is 0.740. The Balaban J connectivity index is 1.42. The maximum Gasteiger partial charge on any atom is 0.221 e. The van der Waals surface area contributed by atoms with Gasteiger partial charge in [0.05, 0.1) is 11.5 Å². The molecule has 5 nitrogen and oxygen atoms in total. The highest BCUT2D eigenvalue weighted by atomic mass is 32.2. The SMILES string of the molecule is O=C(CC1CS(=O)(=O)CCN1)NCC(C1CC1)C1CC1. The zero-order valence-electron chi connectivity index (χ0n) is 11.8. The van der Waals surface area contributed by atoms with E-state index in [0.717, 1.165) is 18.4 Å². The third-order valence-electron chi connectivity index (χ3n) is 4.72. The zero-order valence-corrected chi connectivity index (χ0v) is 12.6. The summed E-state index contributed by atoms with van der Waals surface area (Å²) in [5.74, 6) is 2.60. The second kappa shape index (κ2) is 5.64. The van der Waals surface area contributed by atoms with Crippen molar-refractivity contribution in [2.75, 3.05) is 24.6 Å². The van der Waals surface area contributed by atoms with Gasteiger partial charge in [0.2, 0.25) is 5.91 Å². The minimum Gasteiger partial charge on any atom is -0.356 e. The fraction of sp³-hybridized carbons (Fsp3) is 0.929. The molecule has 3 aliphatic rings. The lowest BCUT2D eigenvalue weighted by atomic mass is 9.98. The maximum absolute atomic E-state index is 12.0. The van der Waals surface area contributed by atoms with Crippen LogP contribution in [-0.4, -0.2) is 45.0 Å². The Kier molecular flexibility index (Phi) is 4.04. The largest absolute Gasteiger partial charge is 0.356 e. The van der Waals surface area contributed by atoms with Crippen molar-refractivity contribution in [1.82, 2.24) is 10.6 Å². The summed E-state index contributed by atoms with van der Waals surface area (Å²) in [4.78, 5) is 12.0. The lowest BCUT2D eigenvalue weighted by molar-refractivity contribution is -0.121. The van der Waals surface area contributed by atoms with Crippen LogP contribution in [0.2, 0.25) is 0 Å². The molecule has 6 heteroatoms. The van der Waals surface area contributed by atoms with Crippen molar-refractivity contribution >= 4 is 15.7 Å². The van der Waals surface area contributed by atoms with E-state index < -0.39 is 9.84 Å². The van der Waals surface area contributed by atoms with Crippen molar-refractivity contribution in [2.24, 2.45) is 17.8 Å². The molecule has 0 bridgehead atoms. The first-order valence-electron chi connectivity index (χ1n) is 7.74. The number of nitrogens with one attached hydrogen (secondary N) is 2. The molecule has 0 aromatic heterocycles. The summed E-state index contributed by atoms with van der Waals surface area (Å²) in [5.41, 5.74) is 0. The predicted octanol–water partition coefficient (Wildman–Crippen LogP) is 0.316. The van der Waals surface area contributed by atoms with Crippen molar-refractivity contribution < 1.29 is 13.2 Å². The van der Waals surface area contributed by atoms with Crippen molar-refractivity contribution in [3.8, 4) is 0 Å². The van der Waals surface area contributed by atoms with Gasteiger partial charge in [-0.05, 0) is 43.4 Å². The van der Waals surface area contributed by atoms with Crippen LogP contribution >= 0.6 is 0 Å². The third kappa shape index (κ3) is 3.95. The maximum atomic E-state index is 12.0. The van der Waals surface area contributed by atoms with Gasteiger partial charge in [0, 0.05) is 25.6 Å². The van der Waals surface area contributed by atoms with E-state index in [2.05, 4.69) is 10.6 Å². The van der Waals surface area contributed by atoms with Gasteiger partial charge in [-0.15, -0.1) is 0 Å². The number of sulfone groups is 1. The smallest absolute Gasteiger partial charge is 0.221 e. The Labute approximate surface area is 120 Å². The number of rotatable bonds is 6. The van der Waals surface area contributed by atoms with Crippen LogP contribution < -0.4 is 10.6 Å². The summed E-state index contributed by atoms with van der Waals surface area (Å²) >= 11 is 0. The molecule has 1 unspecified atom stereocenters. The van der Waals surface area contributed by atoms with Gasteiger partial charge in [0.1, 0.15) is 0 Å². The Morgan fingerprint density at radius 1 is 1.20 bits per heavy atom. The molecular weight excluding hydrogens is 276 g/mol. The molecular formula is C14H24N2O3S. The van der Waals surface area contributed by atoms with Crippen LogP contribution in [0.5, 0.6) is 0 Å². The van der Waals surface area contributed by atoms with Crippen LogP contribution in [0.4, 0.5) is 0 Å². The van der Waals surface area contributed by atoms with Gasteiger partial charge in [-0.3, -0.25) is 4.79 Å². The van der Waals surface area contributed by atoms with E-state index in [1.807, 2.05) is 0 Å². The van der Waals surface area contributed by atoms with Crippen LogP contribution in [0.15, 0.2) is 0 Å². The van der Waals surface area contributed by atoms with E-state index in [-0.39, 0.29) is 29.9 Å². The second-order valence-electron chi connectivity index (χ2n) is 6.61. The standard InChI is InChI=1S/C14H24N2O3S/c17-14(7-12-9-20(18,19)6-5-15-12)16-8-13(10-1-2-10)11-3-4-11/h10-13,15H,1-9H2,(H,16,17). The van der Waals surface area contributed by atoms with Crippen molar-refractivity contribution in [3.63, 3.8) is 0 Å². The van der Waals surface area contributed by atoms with E-state index in [9.17, 15) is 13.2 Å². The molecule has 0 radical (unpaired) electrons. The summed E-state index contributed by atoms with van der Waals surface area (Å²) in [6.07, 6.45) is 5.55. The Morgan fingerprint density at radius 3 is 2.40 bits per heavy atom. The summed E-state index contributed by atoms with van der Waals surface area (Å²) in [5, 5.41) is 6.15. The fourth-order valence-electron chi connectivity index (χ4n) is 3.29. The highest BCUT2D eigenvalue weighted by molar-refractivity contribution is 7.91. The van der Waals surface area contributed by atoms with Crippen molar-refractivity contribution in [2.45, 2.75) is 38.1 Å². The lowest BCUT2D eigenvalue weighted by Gasteiger charge is -2.23. The van der Waals surface area contributed by atoms with E-state index >= 15 is 0 Å². The van der Waals surface area contributed by atoms with E-state index in [4.69, 9.17) is 0 Å². The van der Waals surface area contributed by atoms with Gasteiger partial charge in [0.25, 0.3) is 0 Å². The Bertz CT molecular complexity index is 457. The van der Waals surface area contributed by atoms with Gasteiger partial charge in [0.15, 0.2) is 9.84 Å². The molecule has 1 aliphatic heterocycles.